The van der Waals surface area contributed by atoms with Gasteiger partial charge in [0.15, 0.2) is 0 Å². The molecule has 0 aliphatic carbocycles. The molecule has 1 atom stereocenters. The molecule has 4 aromatic rings. The van der Waals surface area contributed by atoms with Crippen LogP contribution in [-0.4, -0.2) is 39.2 Å². The van der Waals surface area contributed by atoms with Gasteiger partial charge >= 0.3 is 23.9 Å². The van der Waals surface area contributed by atoms with Gasteiger partial charge in [-0.3, -0.25) is 4.79 Å². The van der Waals surface area contributed by atoms with Crippen LogP contribution in [0.2, 0.25) is 10.0 Å². The minimum atomic E-state index is -6.92. The normalized spacial score (nSPS) is 13.7. The van der Waals surface area contributed by atoms with Crippen molar-refractivity contribution in [1.82, 2.24) is 15.0 Å². The highest BCUT2D eigenvalue weighted by molar-refractivity contribution is 6.37. The molecule has 3 aromatic carbocycles. The van der Waals surface area contributed by atoms with Gasteiger partial charge in [-0.2, -0.15) is 35.1 Å². The summed E-state index contributed by atoms with van der Waals surface area (Å²) in [5.41, 5.74) is -7.28. The number of halogens is 11. The molecule has 1 unspecified atom stereocenters. The highest BCUT2D eigenvalue weighted by Gasteiger charge is 2.81. The van der Waals surface area contributed by atoms with Crippen molar-refractivity contribution in [1.29, 1.82) is 0 Å². The first-order valence-electron chi connectivity index (χ1n) is 11.5. The SMILES string of the molecule is C#Cc1ccc(C(=O)Nc2cccc(-c3cn(-c4c(Cl)cc(C(F)(C(F)(F)F)C(F)(F)C(F)(F)F)cc4Cl)nn3)c2)cc1. The molecule has 1 amide bonds. The van der Waals surface area contributed by atoms with Crippen LogP contribution in [0.3, 0.4) is 0 Å². The monoisotopic (exact) mass is 650 g/mol. The topological polar surface area (TPSA) is 59.8 Å². The van der Waals surface area contributed by atoms with E-state index in [0.29, 0.717) is 22.4 Å². The minimum Gasteiger partial charge on any atom is -0.322 e. The van der Waals surface area contributed by atoms with Crippen molar-refractivity contribution in [2.24, 2.45) is 0 Å². The van der Waals surface area contributed by atoms with Crippen LogP contribution in [-0.2, 0) is 5.67 Å². The van der Waals surface area contributed by atoms with Gasteiger partial charge in [0.1, 0.15) is 11.4 Å². The number of aromatic nitrogens is 3. The van der Waals surface area contributed by atoms with Gasteiger partial charge in [0.25, 0.3) is 5.91 Å². The molecule has 224 valence electrons. The average Bonchev–Trinajstić information content (AvgIpc) is 3.40. The fourth-order valence-corrected chi connectivity index (χ4v) is 4.54. The Kier molecular flexibility index (Phi) is 8.20. The lowest BCUT2D eigenvalue weighted by Crippen LogP contribution is -2.59. The van der Waals surface area contributed by atoms with E-state index in [0.717, 1.165) is 10.9 Å². The number of hydrogen-bond acceptors (Lipinski definition) is 3. The number of benzene rings is 3. The molecule has 0 bridgehead atoms. The summed E-state index contributed by atoms with van der Waals surface area (Å²) in [7, 11) is 0. The number of nitrogens with zero attached hydrogens (tertiary/aromatic N) is 3. The van der Waals surface area contributed by atoms with Gasteiger partial charge in [0.2, 0.25) is 0 Å². The molecular weight excluding hydrogens is 638 g/mol. The molecule has 0 aliphatic rings. The second-order valence-corrected chi connectivity index (χ2v) is 9.64. The minimum absolute atomic E-state index is 0.0520. The summed E-state index contributed by atoms with van der Waals surface area (Å²) in [5, 5.41) is 8.36. The number of rotatable bonds is 6. The molecule has 4 rings (SSSR count). The standard InChI is InChI=1S/C27H13Cl2F9N4O/c1-2-14-6-8-15(9-7-14)23(43)39-18-5-3-4-16(10-18)21-13-42(41-40-21)22-19(28)11-17(12-20(22)29)24(30,26(33,34)35)25(31,32)27(36,37)38/h1,3-13H,(H,39,43). The summed E-state index contributed by atoms with van der Waals surface area (Å²) in [6.07, 6.45) is -7.21. The van der Waals surface area contributed by atoms with E-state index in [1.807, 2.05) is 0 Å². The van der Waals surface area contributed by atoms with Crippen molar-refractivity contribution < 1.29 is 44.3 Å². The number of nitrogens with one attached hydrogen (secondary N) is 1. The molecule has 0 aliphatic heterocycles. The highest BCUT2D eigenvalue weighted by atomic mass is 35.5. The third-order valence-electron chi connectivity index (χ3n) is 6.05. The smallest absolute Gasteiger partial charge is 0.322 e. The van der Waals surface area contributed by atoms with Crippen molar-refractivity contribution in [3.05, 3.63) is 93.6 Å². The first-order chi connectivity index (χ1) is 19.9. The predicted molar refractivity (Wildman–Crippen MR) is 139 cm³/mol. The van der Waals surface area contributed by atoms with E-state index >= 15 is 0 Å². The second-order valence-electron chi connectivity index (χ2n) is 8.82. The van der Waals surface area contributed by atoms with Crippen molar-refractivity contribution in [2.45, 2.75) is 23.9 Å². The molecule has 5 nitrogen and oxygen atoms in total. The zero-order valence-corrected chi connectivity index (χ0v) is 22.3. The van der Waals surface area contributed by atoms with E-state index in [2.05, 4.69) is 21.5 Å². The molecule has 0 spiro atoms. The van der Waals surface area contributed by atoms with Gasteiger partial charge in [-0.15, -0.1) is 11.5 Å². The zero-order chi connectivity index (χ0) is 32.0. The molecule has 1 N–H and O–H groups in total. The summed E-state index contributed by atoms with van der Waals surface area (Å²) >= 11 is 11.8. The lowest BCUT2D eigenvalue weighted by Gasteiger charge is -2.36. The van der Waals surface area contributed by atoms with Crippen LogP contribution in [0, 0.1) is 12.3 Å². The van der Waals surface area contributed by atoms with Gasteiger partial charge < -0.3 is 5.32 Å². The molecule has 16 heteroatoms. The maximum Gasteiger partial charge on any atom is 0.457 e. The molecule has 0 saturated heterocycles. The third-order valence-corrected chi connectivity index (χ3v) is 6.62. The third kappa shape index (κ3) is 5.74. The van der Waals surface area contributed by atoms with Crippen LogP contribution in [0.4, 0.5) is 45.2 Å². The van der Waals surface area contributed by atoms with Crippen LogP contribution >= 0.6 is 23.2 Å². The van der Waals surface area contributed by atoms with E-state index in [1.165, 1.54) is 24.3 Å². The van der Waals surface area contributed by atoms with Crippen LogP contribution in [0.5, 0.6) is 0 Å². The number of carbonyl (C=O) groups is 1. The first kappa shape index (κ1) is 31.7. The molecule has 0 radical (unpaired) electrons. The van der Waals surface area contributed by atoms with E-state index in [9.17, 15) is 44.3 Å². The van der Waals surface area contributed by atoms with Crippen LogP contribution < -0.4 is 5.32 Å². The van der Waals surface area contributed by atoms with Gasteiger partial charge in [-0.25, -0.2) is 9.07 Å². The number of anilines is 1. The van der Waals surface area contributed by atoms with Crippen molar-refractivity contribution in [3.63, 3.8) is 0 Å². The highest BCUT2D eigenvalue weighted by Crippen LogP contribution is 2.59. The summed E-state index contributed by atoms with van der Waals surface area (Å²) < 4.78 is 122. The Morgan fingerprint density at radius 3 is 2.00 bits per heavy atom. The van der Waals surface area contributed by atoms with E-state index in [-0.39, 0.29) is 17.8 Å². The Labute approximate surface area is 246 Å². The molecular formula is C27H13Cl2F9N4O. The van der Waals surface area contributed by atoms with Gasteiger partial charge in [0, 0.05) is 27.9 Å². The van der Waals surface area contributed by atoms with E-state index in [1.54, 1.807) is 24.3 Å². The Bertz CT molecular complexity index is 1700. The quantitative estimate of drug-likeness (QED) is 0.168. The summed E-state index contributed by atoms with van der Waals surface area (Å²) in [6, 6.07) is 12.2. The zero-order valence-electron chi connectivity index (χ0n) is 20.8. The molecule has 1 heterocycles. The number of hydrogen-bond donors (Lipinski definition) is 1. The maximum absolute atomic E-state index is 14.9. The largest absolute Gasteiger partial charge is 0.457 e. The summed E-state index contributed by atoms with van der Waals surface area (Å²) in [5.74, 6) is -4.96. The van der Waals surface area contributed by atoms with Gasteiger partial charge in [-0.05, 0) is 48.5 Å². The lowest BCUT2D eigenvalue weighted by atomic mass is 9.87. The van der Waals surface area contributed by atoms with Gasteiger partial charge in [0.05, 0.1) is 16.2 Å². The molecule has 43 heavy (non-hydrogen) atoms. The number of amides is 1. The van der Waals surface area contributed by atoms with E-state index < -0.39 is 51.1 Å². The van der Waals surface area contributed by atoms with Crippen molar-refractivity contribution >= 4 is 34.8 Å². The number of terminal acetylenes is 1. The maximum atomic E-state index is 14.9. The predicted octanol–water partition coefficient (Wildman–Crippen LogP) is 8.40. The fraction of sp³-hybridized carbons (Fsp3) is 0.148. The van der Waals surface area contributed by atoms with Crippen LogP contribution in [0.15, 0.2) is 66.9 Å². The Hall–Kier alpha value is -4.22. The number of alkyl halides is 9. The fourth-order valence-electron chi connectivity index (χ4n) is 3.88. The molecule has 0 fully saturated rings. The average molecular weight is 651 g/mol. The van der Waals surface area contributed by atoms with Crippen molar-refractivity contribution in [2.75, 3.05) is 5.32 Å². The van der Waals surface area contributed by atoms with Crippen LogP contribution in [0.1, 0.15) is 21.5 Å². The van der Waals surface area contributed by atoms with E-state index in [4.69, 9.17) is 29.6 Å². The molecule has 1 aromatic heterocycles. The Balaban J connectivity index is 1.66. The Morgan fingerprint density at radius 1 is 0.860 bits per heavy atom. The lowest BCUT2D eigenvalue weighted by molar-refractivity contribution is -0.389. The summed E-state index contributed by atoms with van der Waals surface area (Å²) in [4.78, 5) is 12.6. The molecule has 0 saturated carbocycles. The number of carbonyl (C=O) groups excluding carboxylic acids is 1. The summed E-state index contributed by atoms with van der Waals surface area (Å²) in [6.45, 7) is 0. The van der Waals surface area contributed by atoms with Crippen molar-refractivity contribution in [3.8, 4) is 29.3 Å². The Morgan fingerprint density at radius 2 is 1.47 bits per heavy atom. The van der Waals surface area contributed by atoms with Crippen LogP contribution in [0.25, 0.3) is 16.9 Å². The second kappa shape index (κ2) is 11.1. The first-order valence-corrected chi connectivity index (χ1v) is 12.3. The van der Waals surface area contributed by atoms with Gasteiger partial charge in [-0.1, -0.05) is 46.5 Å².